The first-order chi connectivity index (χ1) is 14.7. The highest BCUT2D eigenvalue weighted by atomic mass is 32.2. The lowest BCUT2D eigenvalue weighted by Gasteiger charge is -2.31. The van der Waals surface area contributed by atoms with Gasteiger partial charge in [-0.25, -0.2) is 12.8 Å². The summed E-state index contributed by atoms with van der Waals surface area (Å²) >= 11 is 0. The number of aryl methyl sites for hydroxylation is 1. The van der Waals surface area contributed by atoms with Crippen LogP contribution in [0.5, 0.6) is 0 Å². The predicted molar refractivity (Wildman–Crippen MR) is 116 cm³/mol. The molecule has 6 nitrogen and oxygen atoms in total. The van der Waals surface area contributed by atoms with Gasteiger partial charge in [-0.15, -0.1) is 0 Å². The molecule has 1 fully saturated rings. The third kappa shape index (κ3) is 5.31. The molecule has 0 saturated carbocycles. The van der Waals surface area contributed by atoms with Crippen molar-refractivity contribution in [1.82, 2.24) is 10.2 Å². The normalized spacial score (nSPS) is 15.0. The Morgan fingerprint density at radius 2 is 1.81 bits per heavy atom. The van der Waals surface area contributed by atoms with E-state index < -0.39 is 9.84 Å². The molecule has 0 aliphatic carbocycles. The van der Waals surface area contributed by atoms with Crippen molar-refractivity contribution < 1.29 is 22.4 Å². The van der Waals surface area contributed by atoms with Crippen LogP contribution in [0.1, 0.15) is 41.3 Å². The summed E-state index contributed by atoms with van der Waals surface area (Å²) in [7, 11) is -3.51. The van der Waals surface area contributed by atoms with Crippen LogP contribution in [0.15, 0.2) is 47.4 Å². The number of sulfone groups is 1. The van der Waals surface area contributed by atoms with Crippen LogP contribution in [0, 0.1) is 18.7 Å². The van der Waals surface area contributed by atoms with E-state index in [4.69, 9.17) is 0 Å². The summed E-state index contributed by atoms with van der Waals surface area (Å²) in [6, 6.07) is 11.1. The number of carbonyl (C=O) groups excluding carboxylic acids is 2. The van der Waals surface area contributed by atoms with E-state index >= 15 is 0 Å². The lowest BCUT2D eigenvalue weighted by Crippen LogP contribution is -2.43. The molecule has 3 rings (SSSR count). The zero-order valence-electron chi connectivity index (χ0n) is 17.7. The number of amides is 2. The van der Waals surface area contributed by atoms with Crippen molar-refractivity contribution in [2.75, 3.05) is 18.8 Å². The number of hydrogen-bond donors (Lipinski definition) is 1. The summed E-state index contributed by atoms with van der Waals surface area (Å²) in [5, 5.41) is 2.84. The van der Waals surface area contributed by atoms with Gasteiger partial charge < -0.3 is 10.2 Å². The predicted octanol–water partition coefficient (Wildman–Crippen LogP) is 3.10. The first kappa shape index (κ1) is 22.9. The van der Waals surface area contributed by atoms with Crippen molar-refractivity contribution in [3.05, 3.63) is 65.0 Å². The molecule has 2 amide bonds. The van der Waals surface area contributed by atoms with Gasteiger partial charge in [0.25, 0.3) is 5.91 Å². The van der Waals surface area contributed by atoms with Gasteiger partial charge in [0.05, 0.1) is 16.2 Å². The molecule has 1 aliphatic rings. The summed E-state index contributed by atoms with van der Waals surface area (Å²) in [5.74, 6) is -1.08. The molecule has 1 aliphatic heterocycles. The highest BCUT2D eigenvalue weighted by Crippen LogP contribution is 2.23. The molecule has 0 unspecified atom stereocenters. The average Bonchev–Trinajstić information content (AvgIpc) is 2.79. The Bertz CT molecular complexity index is 1080. The Morgan fingerprint density at radius 3 is 2.45 bits per heavy atom. The second-order valence-corrected chi connectivity index (χ2v) is 10.0. The van der Waals surface area contributed by atoms with Crippen LogP contribution in [-0.2, 0) is 21.2 Å². The quantitative estimate of drug-likeness (QED) is 0.739. The average molecular weight is 447 g/mol. The molecular weight excluding hydrogens is 419 g/mol. The zero-order chi connectivity index (χ0) is 22.6. The van der Waals surface area contributed by atoms with Gasteiger partial charge in [-0.3, -0.25) is 9.59 Å². The molecule has 8 heteroatoms. The molecule has 0 spiro atoms. The second-order valence-electron chi connectivity index (χ2n) is 7.77. The highest BCUT2D eigenvalue weighted by molar-refractivity contribution is 7.91. The Kier molecular flexibility index (Phi) is 7.10. The monoisotopic (exact) mass is 446 g/mol. The van der Waals surface area contributed by atoms with Crippen molar-refractivity contribution in [3.63, 3.8) is 0 Å². The Morgan fingerprint density at radius 1 is 1.13 bits per heavy atom. The topological polar surface area (TPSA) is 83.6 Å². The molecule has 0 aromatic heterocycles. The lowest BCUT2D eigenvalue weighted by atomic mass is 9.95. The van der Waals surface area contributed by atoms with Crippen LogP contribution in [0.2, 0.25) is 0 Å². The molecule has 1 N–H and O–H groups in total. The summed E-state index contributed by atoms with van der Waals surface area (Å²) in [6.07, 6.45) is 0.977. The molecule has 1 heterocycles. The number of piperidine rings is 1. The first-order valence-corrected chi connectivity index (χ1v) is 12.0. The number of halogens is 1. The lowest BCUT2D eigenvalue weighted by molar-refractivity contribution is -0.126. The van der Waals surface area contributed by atoms with E-state index in [0.717, 1.165) is 0 Å². The fourth-order valence-electron chi connectivity index (χ4n) is 3.66. The van der Waals surface area contributed by atoms with E-state index in [9.17, 15) is 22.4 Å². The van der Waals surface area contributed by atoms with Crippen LogP contribution in [0.25, 0.3) is 0 Å². The van der Waals surface area contributed by atoms with Gasteiger partial charge in [0.2, 0.25) is 5.91 Å². The zero-order valence-corrected chi connectivity index (χ0v) is 18.5. The highest BCUT2D eigenvalue weighted by Gasteiger charge is 2.30. The maximum Gasteiger partial charge on any atom is 0.255 e. The maximum absolute atomic E-state index is 13.7. The van der Waals surface area contributed by atoms with Crippen molar-refractivity contribution in [2.24, 2.45) is 5.92 Å². The number of rotatable bonds is 6. The van der Waals surface area contributed by atoms with Gasteiger partial charge in [-0.1, -0.05) is 31.2 Å². The van der Waals surface area contributed by atoms with Crippen LogP contribution in [-0.4, -0.2) is 44.0 Å². The second kappa shape index (κ2) is 9.60. The fourth-order valence-corrected chi connectivity index (χ4v) is 4.75. The largest absolute Gasteiger partial charge is 0.352 e. The Hall–Kier alpha value is -2.74. The maximum atomic E-state index is 13.7. The van der Waals surface area contributed by atoms with Crippen LogP contribution in [0.4, 0.5) is 4.39 Å². The molecular formula is C23H27FN2O4S. The number of benzene rings is 2. The summed E-state index contributed by atoms with van der Waals surface area (Å²) in [6.45, 7) is 4.22. The van der Waals surface area contributed by atoms with Gasteiger partial charge in [0.1, 0.15) is 5.82 Å². The molecule has 0 bridgehead atoms. The minimum absolute atomic E-state index is 0.0488. The van der Waals surface area contributed by atoms with Gasteiger partial charge in [-0.2, -0.15) is 0 Å². The number of nitrogens with zero attached hydrogens (tertiary/aromatic N) is 1. The number of hydrogen-bond acceptors (Lipinski definition) is 4. The number of carbonyl (C=O) groups is 2. The van der Waals surface area contributed by atoms with Gasteiger partial charge in [0, 0.05) is 25.6 Å². The number of nitrogens with one attached hydrogen (secondary N) is 1. The summed E-state index contributed by atoms with van der Waals surface area (Å²) < 4.78 is 38.3. The van der Waals surface area contributed by atoms with E-state index in [-0.39, 0.29) is 46.3 Å². The third-order valence-electron chi connectivity index (χ3n) is 5.69. The van der Waals surface area contributed by atoms with Crippen LogP contribution < -0.4 is 5.32 Å². The smallest absolute Gasteiger partial charge is 0.255 e. The van der Waals surface area contributed by atoms with Gasteiger partial charge in [0.15, 0.2) is 9.84 Å². The van der Waals surface area contributed by atoms with Crippen molar-refractivity contribution in [1.29, 1.82) is 0 Å². The molecule has 166 valence electrons. The van der Waals surface area contributed by atoms with Crippen molar-refractivity contribution in [3.8, 4) is 0 Å². The van der Waals surface area contributed by atoms with Crippen molar-refractivity contribution in [2.45, 2.75) is 38.1 Å². The van der Waals surface area contributed by atoms with E-state index in [0.29, 0.717) is 37.1 Å². The minimum atomic E-state index is -3.51. The van der Waals surface area contributed by atoms with E-state index in [1.54, 1.807) is 43.0 Å². The van der Waals surface area contributed by atoms with Crippen molar-refractivity contribution >= 4 is 21.7 Å². The summed E-state index contributed by atoms with van der Waals surface area (Å²) in [5.41, 5.74) is 1.42. The van der Waals surface area contributed by atoms with E-state index in [2.05, 4.69) is 5.32 Å². The summed E-state index contributed by atoms with van der Waals surface area (Å²) in [4.78, 5) is 27.1. The Balaban J connectivity index is 1.59. The molecule has 31 heavy (non-hydrogen) atoms. The standard InChI is InChI=1S/C23H27FN2O4S/c1-3-31(29,30)21-7-5-4-6-19(21)23(28)26-12-10-18(11-13-26)22(27)25-15-17-9-8-16(2)20(24)14-17/h4-9,14,18H,3,10-13,15H2,1-2H3,(H,25,27). The van der Waals surface area contributed by atoms with Gasteiger partial charge >= 0.3 is 0 Å². The fraction of sp³-hybridized carbons (Fsp3) is 0.391. The molecule has 0 radical (unpaired) electrons. The SMILES string of the molecule is CCS(=O)(=O)c1ccccc1C(=O)N1CCC(C(=O)NCc2ccc(C)c(F)c2)CC1. The van der Waals surface area contributed by atoms with E-state index in [1.807, 2.05) is 0 Å². The van der Waals surface area contributed by atoms with Crippen LogP contribution >= 0.6 is 0 Å². The first-order valence-electron chi connectivity index (χ1n) is 10.4. The number of likely N-dealkylation sites (tertiary alicyclic amines) is 1. The minimum Gasteiger partial charge on any atom is -0.352 e. The molecule has 1 saturated heterocycles. The molecule has 0 atom stereocenters. The van der Waals surface area contributed by atoms with Gasteiger partial charge in [-0.05, 0) is 49.1 Å². The van der Waals surface area contributed by atoms with E-state index in [1.165, 1.54) is 18.2 Å². The van der Waals surface area contributed by atoms with Crippen LogP contribution in [0.3, 0.4) is 0 Å². The molecule has 2 aromatic rings. The third-order valence-corrected chi connectivity index (χ3v) is 7.47. The Labute approximate surface area is 182 Å². The molecule has 2 aromatic carbocycles.